The van der Waals surface area contributed by atoms with E-state index in [1.807, 2.05) is 0 Å². The van der Waals surface area contributed by atoms with Gasteiger partial charge in [-0.2, -0.15) is 0 Å². The molecule has 0 unspecified atom stereocenters. The van der Waals surface area contributed by atoms with Crippen LogP contribution < -0.4 is 5.32 Å². The van der Waals surface area contributed by atoms with E-state index in [9.17, 15) is 5.11 Å². The van der Waals surface area contributed by atoms with Crippen molar-refractivity contribution in [1.29, 1.82) is 0 Å². The molecule has 0 spiro atoms. The van der Waals surface area contributed by atoms with Crippen LogP contribution in [0.4, 0.5) is 0 Å². The van der Waals surface area contributed by atoms with Crippen molar-refractivity contribution in [2.24, 2.45) is 0 Å². The quantitative estimate of drug-likeness (QED) is 0.768. The minimum absolute atomic E-state index is 0.375. The summed E-state index contributed by atoms with van der Waals surface area (Å²) in [4.78, 5) is 2.56. The van der Waals surface area contributed by atoms with Crippen LogP contribution in [-0.2, 0) is 0 Å². The Kier molecular flexibility index (Phi) is 4.83. The van der Waals surface area contributed by atoms with Crippen molar-refractivity contribution in [2.45, 2.75) is 63.5 Å². The highest BCUT2D eigenvalue weighted by Gasteiger charge is 2.34. The van der Waals surface area contributed by atoms with E-state index >= 15 is 0 Å². The van der Waals surface area contributed by atoms with Crippen molar-refractivity contribution in [2.75, 3.05) is 26.2 Å². The molecule has 1 heterocycles. The van der Waals surface area contributed by atoms with Gasteiger partial charge >= 0.3 is 0 Å². The van der Waals surface area contributed by atoms with Crippen molar-refractivity contribution >= 4 is 0 Å². The van der Waals surface area contributed by atoms with Crippen molar-refractivity contribution in [3.8, 4) is 0 Å². The molecule has 100 valence electrons. The fraction of sp³-hybridized carbons (Fsp3) is 1.00. The van der Waals surface area contributed by atoms with Crippen LogP contribution in [0.1, 0.15) is 51.9 Å². The Hall–Kier alpha value is -0.120. The third-order valence-electron chi connectivity index (χ3n) is 4.37. The molecule has 1 aliphatic heterocycles. The summed E-state index contributed by atoms with van der Waals surface area (Å²) in [5.74, 6) is 0. The smallest absolute Gasteiger partial charge is 0.0774 e. The van der Waals surface area contributed by atoms with Gasteiger partial charge in [0.1, 0.15) is 0 Å². The van der Waals surface area contributed by atoms with Crippen LogP contribution in [0.2, 0.25) is 0 Å². The van der Waals surface area contributed by atoms with E-state index in [0.717, 1.165) is 39.0 Å². The first-order valence-corrected chi connectivity index (χ1v) is 7.41. The molecule has 0 aromatic heterocycles. The highest BCUT2D eigenvalue weighted by atomic mass is 16.3. The van der Waals surface area contributed by atoms with Crippen molar-refractivity contribution in [3.63, 3.8) is 0 Å². The van der Waals surface area contributed by atoms with E-state index in [2.05, 4.69) is 17.1 Å². The molecule has 1 saturated heterocycles. The number of hydrogen-bond acceptors (Lipinski definition) is 3. The lowest BCUT2D eigenvalue weighted by atomic mass is 9.97. The molecule has 3 heteroatoms. The Labute approximate surface area is 106 Å². The van der Waals surface area contributed by atoms with Crippen LogP contribution >= 0.6 is 0 Å². The highest BCUT2D eigenvalue weighted by molar-refractivity contribution is 4.90. The van der Waals surface area contributed by atoms with Crippen molar-refractivity contribution in [3.05, 3.63) is 0 Å². The second-order valence-corrected chi connectivity index (χ2v) is 5.88. The second kappa shape index (κ2) is 6.17. The molecule has 0 amide bonds. The summed E-state index contributed by atoms with van der Waals surface area (Å²) in [6, 6.07) is 0.695. The zero-order valence-electron chi connectivity index (χ0n) is 11.2. The van der Waals surface area contributed by atoms with Crippen molar-refractivity contribution < 1.29 is 5.11 Å². The van der Waals surface area contributed by atoms with E-state index in [1.165, 1.54) is 32.1 Å². The van der Waals surface area contributed by atoms with Gasteiger partial charge in [0.05, 0.1) is 5.60 Å². The lowest BCUT2D eigenvalue weighted by molar-refractivity contribution is -0.00780. The van der Waals surface area contributed by atoms with Crippen LogP contribution in [-0.4, -0.2) is 47.8 Å². The summed E-state index contributed by atoms with van der Waals surface area (Å²) in [5.41, 5.74) is -0.375. The Morgan fingerprint density at radius 1 is 1.24 bits per heavy atom. The molecule has 2 aliphatic rings. The molecule has 2 rings (SSSR count). The first-order valence-electron chi connectivity index (χ1n) is 7.41. The molecule has 1 aliphatic carbocycles. The maximum Gasteiger partial charge on any atom is 0.0774 e. The fourth-order valence-electron chi connectivity index (χ4n) is 3.42. The third kappa shape index (κ3) is 3.67. The summed E-state index contributed by atoms with van der Waals surface area (Å²) < 4.78 is 0. The van der Waals surface area contributed by atoms with Crippen LogP contribution in [0.3, 0.4) is 0 Å². The number of nitrogens with zero attached hydrogens (tertiary/aromatic N) is 1. The Bertz CT molecular complexity index is 220. The molecule has 2 N–H and O–H groups in total. The molecule has 0 radical (unpaired) electrons. The first kappa shape index (κ1) is 13.3. The van der Waals surface area contributed by atoms with Gasteiger partial charge < -0.3 is 10.4 Å². The molecule has 17 heavy (non-hydrogen) atoms. The third-order valence-corrected chi connectivity index (χ3v) is 4.37. The number of hydrogen-bond donors (Lipinski definition) is 2. The van der Waals surface area contributed by atoms with E-state index in [0.29, 0.717) is 6.04 Å². The largest absolute Gasteiger partial charge is 0.389 e. The fourth-order valence-corrected chi connectivity index (χ4v) is 3.42. The maximum atomic E-state index is 10.6. The van der Waals surface area contributed by atoms with Gasteiger partial charge in [0.15, 0.2) is 0 Å². The SMILES string of the molecule is CCCN(CC1(O)CCCC1)C1CCNCC1. The standard InChI is InChI=1S/C14H28N2O/c1-2-11-16(13-5-9-15-10-6-13)12-14(17)7-3-4-8-14/h13,15,17H,2-12H2,1H3. The van der Waals surface area contributed by atoms with E-state index in [1.54, 1.807) is 0 Å². The topological polar surface area (TPSA) is 35.5 Å². The van der Waals surface area contributed by atoms with Gasteiger partial charge in [0, 0.05) is 12.6 Å². The predicted octanol–water partition coefficient (Wildman–Crippen LogP) is 1.76. The number of aliphatic hydroxyl groups is 1. The van der Waals surface area contributed by atoms with Gasteiger partial charge in [-0.15, -0.1) is 0 Å². The van der Waals surface area contributed by atoms with E-state index in [4.69, 9.17) is 0 Å². The summed E-state index contributed by atoms with van der Waals surface area (Å²) in [7, 11) is 0. The Morgan fingerprint density at radius 2 is 1.88 bits per heavy atom. The average molecular weight is 240 g/mol. The predicted molar refractivity (Wildman–Crippen MR) is 71.2 cm³/mol. The van der Waals surface area contributed by atoms with Crippen LogP contribution in [0.5, 0.6) is 0 Å². The highest BCUT2D eigenvalue weighted by Crippen LogP contribution is 2.31. The van der Waals surface area contributed by atoms with Crippen LogP contribution in [0, 0.1) is 0 Å². The Morgan fingerprint density at radius 3 is 2.47 bits per heavy atom. The van der Waals surface area contributed by atoms with Crippen LogP contribution in [0.15, 0.2) is 0 Å². The zero-order chi connectivity index (χ0) is 12.1. The summed E-state index contributed by atoms with van der Waals surface area (Å²) >= 11 is 0. The average Bonchev–Trinajstić information content (AvgIpc) is 2.77. The van der Waals surface area contributed by atoms with Gasteiger partial charge in [-0.3, -0.25) is 4.90 Å². The maximum absolute atomic E-state index is 10.6. The summed E-state index contributed by atoms with van der Waals surface area (Å²) in [6.45, 7) is 6.58. The molecule has 0 bridgehead atoms. The lowest BCUT2D eigenvalue weighted by Gasteiger charge is -2.38. The molecule has 1 saturated carbocycles. The van der Waals surface area contributed by atoms with Gasteiger partial charge in [-0.25, -0.2) is 0 Å². The molecular weight excluding hydrogens is 212 g/mol. The van der Waals surface area contributed by atoms with E-state index < -0.39 is 0 Å². The first-order chi connectivity index (χ1) is 8.23. The molecule has 3 nitrogen and oxygen atoms in total. The number of rotatable bonds is 5. The number of nitrogens with one attached hydrogen (secondary N) is 1. The molecule has 0 aromatic rings. The number of piperidine rings is 1. The van der Waals surface area contributed by atoms with Crippen LogP contribution in [0.25, 0.3) is 0 Å². The molecular formula is C14H28N2O. The normalized spacial score (nSPS) is 25.6. The zero-order valence-corrected chi connectivity index (χ0v) is 11.2. The van der Waals surface area contributed by atoms with Crippen molar-refractivity contribution in [1.82, 2.24) is 10.2 Å². The molecule has 0 atom stereocenters. The minimum Gasteiger partial charge on any atom is -0.389 e. The van der Waals surface area contributed by atoms with E-state index in [-0.39, 0.29) is 5.60 Å². The second-order valence-electron chi connectivity index (χ2n) is 5.88. The molecule has 2 fully saturated rings. The van der Waals surface area contributed by atoms with Gasteiger partial charge in [-0.1, -0.05) is 19.8 Å². The summed E-state index contributed by atoms with van der Waals surface area (Å²) in [5, 5.41) is 14.0. The minimum atomic E-state index is -0.375. The van der Waals surface area contributed by atoms with Gasteiger partial charge in [0.2, 0.25) is 0 Å². The van der Waals surface area contributed by atoms with Gasteiger partial charge in [0.25, 0.3) is 0 Å². The summed E-state index contributed by atoms with van der Waals surface area (Å²) in [6.07, 6.45) is 8.13. The Balaban J connectivity index is 1.90. The van der Waals surface area contributed by atoms with Gasteiger partial charge in [-0.05, 0) is 51.7 Å². The lowest BCUT2D eigenvalue weighted by Crippen LogP contribution is -2.49. The molecule has 0 aromatic carbocycles. The monoisotopic (exact) mass is 240 g/mol.